The van der Waals surface area contributed by atoms with Crippen molar-refractivity contribution in [1.82, 2.24) is 0 Å². The van der Waals surface area contributed by atoms with E-state index in [2.05, 4.69) is 0 Å². The zero-order valence-electron chi connectivity index (χ0n) is 7.92. The van der Waals surface area contributed by atoms with E-state index < -0.39 is 5.97 Å². The van der Waals surface area contributed by atoms with E-state index in [0.717, 1.165) is 0 Å². The molecular weight excluding hydrogens is 144 g/mol. The summed E-state index contributed by atoms with van der Waals surface area (Å²) in [6.07, 6.45) is 0. The van der Waals surface area contributed by atoms with Crippen molar-refractivity contribution in [3.63, 3.8) is 0 Å². The fourth-order valence-electron chi connectivity index (χ4n) is 0.611. The molecule has 3 heteroatoms. The van der Waals surface area contributed by atoms with Gasteiger partial charge in [-0.25, -0.2) is 4.79 Å². The first-order valence-corrected chi connectivity index (χ1v) is 2.94. The standard InChI is InChI=1S/C8H8O3/c1-11-7-4-2-6(3-5-7)8(9)10/h2-5H,1H3,(H,9,10)/i2D,3D. The molecule has 0 fully saturated rings. The van der Waals surface area contributed by atoms with E-state index in [0.29, 0.717) is 5.75 Å². The number of hydrogen-bond donors (Lipinski definition) is 1. The molecule has 0 bridgehead atoms. The van der Waals surface area contributed by atoms with Crippen LogP contribution in [0.25, 0.3) is 0 Å². The Kier molecular flexibility index (Phi) is 1.44. The monoisotopic (exact) mass is 154 g/mol. The van der Waals surface area contributed by atoms with E-state index in [1.54, 1.807) is 0 Å². The minimum absolute atomic E-state index is 0.211. The molecule has 0 aliphatic heterocycles. The van der Waals surface area contributed by atoms with Crippen LogP contribution in [0.4, 0.5) is 0 Å². The zero-order chi connectivity index (χ0) is 10.0. The van der Waals surface area contributed by atoms with Gasteiger partial charge in [-0.15, -0.1) is 0 Å². The van der Waals surface area contributed by atoms with E-state index >= 15 is 0 Å². The Hall–Kier alpha value is -1.51. The minimum atomic E-state index is -1.27. The summed E-state index contributed by atoms with van der Waals surface area (Å²) in [7, 11) is 1.40. The molecule has 0 saturated heterocycles. The summed E-state index contributed by atoms with van der Waals surface area (Å²) < 4.78 is 19.4. The van der Waals surface area contributed by atoms with Crippen LogP contribution in [0, 0.1) is 0 Å². The first-order chi connectivity index (χ1) is 6.06. The van der Waals surface area contributed by atoms with E-state index in [4.69, 9.17) is 12.6 Å². The Balaban J connectivity index is 3.31. The van der Waals surface area contributed by atoms with Crippen LogP contribution < -0.4 is 4.74 Å². The molecule has 1 rings (SSSR count). The van der Waals surface area contributed by atoms with Gasteiger partial charge in [-0.1, -0.05) is 0 Å². The summed E-state index contributed by atoms with van der Waals surface area (Å²) in [6.45, 7) is 0. The lowest BCUT2D eigenvalue weighted by Gasteiger charge is -1.98. The molecule has 0 amide bonds. The largest absolute Gasteiger partial charge is 0.497 e. The summed E-state index contributed by atoms with van der Waals surface area (Å²) in [4.78, 5) is 10.6. The van der Waals surface area contributed by atoms with Gasteiger partial charge in [0.05, 0.1) is 15.4 Å². The SMILES string of the molecule is [2H]c1cc(OC)cc([2H])c1C(=O)O. The normalized spacial score (nSPS) is 11.7. The van der Waals surface area contributed by atoms with Crippen molar-refractivity contribution >= 4 is 5.97 Å². The Bertz CT molecular complexity index is 326. The molecule has 1 aromatic rings. The molecule has 0 aromatic heterocycles. The average molecular weight is 154 g/mol. The van der Waals surface area contributed by atoms with E-state index in [-0.39, 0.29) is 17.6 Å². The van der Waals surface area contributed by atoms with Gasteiger partial charge < -0.3 is 9.84 Å². The molecule has 0 radical (unpaired) electrons. The molecular formula is C8H8O3. The number of ether oxygens (including phenoxy) is 1. The van der Waals surface area contributed by atoms with Crippen LogP contribution in [0.15, 0.2) is 24.2 Å². The number of carboxylic acids is 1. The lowest BCUT2D eigenvalue weighted by molar-refractivity contribution is 0.0697. The predicted molar refractivity (Wildman–Crippen MR) is 40.0 cm³/mol. The smallest absolute Gasteiger partial charge is 0.335 e. The van der Waals surface area contributed by atoms with Gasteiger partial charge in [0.25, 0.3) is 0 Å². The highest BCUT2D eigenvalue weighted by Gasteiger charge is 2.00. The van der Waals surface area contributed by atoms with Gasteiger partial charge in [-0.05, 0) is 24.2 Å². The highest BCUT2D eigenvalue weighted by Crippen LogP contribution is 2.10. The number of hydrogen-bond acceptors (Lipinski definition) is 2. The molecule has 1 aromatic carbocycles. The predicted octanol–water partition coefficient (Wildman–Crippen LogP) is 1.39. The Morgan fingerprint density at radius 3 is 2.55 bits per heavy atom. The molecule has 0 spiro atoms. The van der Waals surface area contributed by atoms with Crippen molar-refractivity contribution in [3.8, 4) is 5.75 Å². The summed E-state index contributed by atoms with van der Waals surface area (Å²) in [6, 6.07) is 2.11. The second kappa shape index (κ2) is 3.05. The minimum Gasteiger partial charge on any atom is -0.497 e. The highest BCUT2D eigenvalue weighted by atomic mass is 16.5. The highest BCUT2D eigenvalue weighted by molar-refractivity contribution is 5.87. The molecule has 0 atom stereocenters. The summed E-state index contributed by atoms with van der Waals surface area (Å²) in [5.74, 6) is -0.947. The molecule has 58 valence electrons. The van der Waals surface area contributed by atoms with Gasteiger partial charge in [0.1, 0.15) is 5.75 Å². The Morgan fingerprint density at radius 2 is 2.18 bits per heavy atom. The molecule has 0 unspecified atom stereocenters. The lowest BCUT2D eigenvalue weighted by Crippen LogP contribution is -1.95. The number of carbonyl (C=O) groups is 1. The summed E-state index contributed by atoms with van der Waals surface area (Å²) >= 11 is 0. The number of aromatic carboxylic acids is 1. The lowest BCUT2D eigenvalue weighted by atomic mass is 10.2. The quantitative estimate of drug-likeness (QED) is 0.700. The number of methoxy groups -OCH3 is 1. The second-order valence-corrected chi connectivity index (χ2v) is 1.86. The van der Waals surface area contributed by atoms with Crippen LogP contribution >= 0.6 is 0 Å². The maximum atomic E-state index is 10.6. The van der Waals surface area contributed by atoms with Gasteiger partial charge in [0.15, 0.2) is 0 Å². The number of rotatable bonds is 2. The van der Waals surface area contributed by atoms with Crippen LogP contribution in [0.1, 0.15) is 13.1 Å². The van der Waals surface area contributed by atoms with Crippen molar-refractivity contribution in [3.05, 3.63) is 29.8 Å². The Labute approximate surface area is 67.0 Å². The maximum absolute atomic E-state index is 10.6. The van der Waals surface area contributed by atoms with Gasteiger partial charge in [0, 0.05) is 0 Å². The average Bonchev–Trinajstić information content (AvgIpc) is 2.02. The van der Waals surface area contributed by atoms with Crippen molar-refractivity contribution in [2.75, 3.05) is 7.11 Å². The molecule has 0 saturated carbocycles. The Morgan fingerprint density at radius 1 is 1.64 bits per heavy atom. The molecule has 0 aliphatic carbocycles. The molecule has 3 nitrogen and oxygen atoms in total. The first-order valence-electron chi connectivity index (χ1n) is 3.94. The van der Waals surface area contributed by atoms with Crippen molar-refractivity contribution in [2.24, 2.45) is 0 Å². The molecule has 1 N–H and O–H groups in total. The maximum Gasteiger partial charge on any atom is 0.335 e. The first kappa shape index (κ1) is 5.18. The van der Waals surface area contributed by atoms with Crippen LogP contribution in [0.5, 0.6) is 5.75 Å². The fraction of sp³-hybridized carbons (Fsp3) is 0.125. The van der Waals surface area contributed by atoms with Crippen LogP contribution in [-0.2, 0) is 0 Å². The molecule has 0 heterocycles. The number of carboxylic acid groups (broad SMARTS) is 1. The van der Waals surface area contributed by atoms with Crippen molar-refractivity contribution < 1.29 is 17.4 Å². The zero-order valence-corrected chi connectivity index (χ0v) is 5.92. The number of benzene rings is 1. The topological polar surface area (TPSA) is 46.5 Å². The fourth-order valence-corrected chi connectivity index (χ4v) is 0.611. The van der Waals surface area contributed by atoms with Gasteiger partial charge >= 0.3 is 5.97 Å². The van der Waals surface area contributed by atoms with E-state index in [9.17, 15) is 4.79 Å². The summed E-state index contributed by atoms with van der Waals surface area (Å²) in [5.41, 5.74) is -0.305. The van der Waals surface area contributed by atoms with Crippen LogP contribution in [-0.4, -0.2) is 18.2 Å². The van der Waals surface area contributed by atoms with Gasteiger partial charge in [-0.2, -0.15) is 0 Å². The third-order valence-electron chi connectivity index (χ3n) is 1.17. The van der Waals surface area contributed by atoms with E-state index in [1.165, 1.54) is 19.2 Å². The third-order valence-corrected chi connectivity index (χ3v) is 1.17. The van der Waals surface area contributed by atoms with Crippen LogP contribution in [0.2, 0.25) is 0 Å². The van der Waals surface area contributed by atoms with Crippen LogP contribution in [0.3, 0.4) is 0 Å². The molecule has 11 heavy (non-hydrogen) atoms. The van der Waals surface area contributed by atoms with Gasteiger partial charge in [-0.3, -0.25) is 0 Å². The van der Waals surface area contributed by atoms with E-state index in [1.807, 2.05) is 0 Å². The molecule has 0 aliphatic rings. The summed E-state index contributed by atoms with van der Waals surface area (Å²) in [5, 5.41) is 8.63. The second-order valence-electron chi connectivity index (χ2n) is 1.86. The third kappa shape index (κ3) is 1.70. The van der Waals surface area contributed by atoms with Gasteiger partial charge in [0.2, 0.25) is 0 Å². The van der Waals surface area contributed by atoms with Crippen molar-refractivity contribution in [1.29, 1.82) is 0 Å². The van der Waals surface area contributed by atoms with Crippen molar-refractivity contribution in [2.45, 2.75) is 0 Å².